The molecule has 4 heteroatoms. The Balaban J connectivity index is 1.82. The van der Waals surface area contributed by atoms with Crippen LogP contribution in [-0.4, -0.2) is 30.3 Å². The second-order valence-corrected chi connectivity index (χ2v) is 6.13. The maximum absolute atomic E-state index is 5.93. The van der Waals surface area contributed by atoms with E-state index in [2.05, 4.69) is 26.9 Å². The third-order valence-corrected chi connectivity index (χ3v) is 4.38. The fourth-order valence-electron chi connectivity index (χ4n) is 1.92. The van der Waals surface area contributed by atoms with E-state index >= 15 is 0 Å². The first kappa shape index (κ1) is 12.3. The number of benzene rings is 1. The summed E-state index contributed by atoms with van der Waals surface area (Å²) in [4.78, 5) is 3.72. The summed E-state index contributed by atoms with van der Waals surface area (Å²) >= 11 is 5.33. The van der Waals surface area contributed by atoms with Gasteiger partial charge in [-0.25, -0.2) is 0 Å². The normalized spacial score (nSPS) is 16.8. The molecule has 1 fully saturated rings. The number of thioether (sulfide) groups is 1. The van der Waals surface area contributed by atoms with Crippen LogP contribution < -0.4 is 5.73 Å². The molecule has 0 amide bonds. The fraction of sp³-hybridized carbons (Fsp3) is 0.500. The summed E-state index contributed by atoms with van der Waals surface area (Å²) < 4.78 is 1.10. The van der Waals surface area contributed by atoms with Crippen molar-refractivity contribution in [2.45, 2.75) is 17.7 Å². The summed E-state index contributed by atoms with van der Waals surface area (Å²) in [5.41, 5.74) is 6.81. The maximum Gasteiger partial charge on any atom is 0.0453 e. The van der Waals surface area contributed by atoms with Crippen molar-refractivity contribution in [3.8, 4) is 0 Å². The van der Waals surface area contributed by atoms with Crippen molar-refractivity contribution in [2.75, 3.05) is 31.1 Å². The Kier molecular flexibility index (Phi) is 4.55. The minimum atomic E-state index is 0.884. The van der Waals surface area contributed by atoms with Gasteiger partial charge in [-0.05, 0) is 44.1 Å². The molecule has 1 aromatic carbocycles. The van der Waals surface area contributed by atoms with Gasteiger partial charge in [0.1, 0.15) is 0 Å². The van der Waals surface area contributed by atoms with Gasteiger partial charge in [-0.15, -0.1) is 11.8 Å². The number of hydrogen-bond donors (Lipinski definition) is 1. The molecule has 2 rings (SSSR count). The molecule has 2 nitrogen and oxygen atoms in total. The van der Waals surface area contributed by atoms with Crippen LogP contribution in [0.3, 0.4) is 0 Å². The van der Waals surface area contributed by atoms with E-state index in [0.29, 0.717) is 0 Å². The van der Waals surface area contributed by atoms with Gasteiger partial charge in [-0.3, -0.25) is 0 Å². The Labute approximate surface area is 110 Å². The lowest BCUT2D eigenvalue weighted by molar-refractivity contribution is 0.362. The number of anilines is 1. The summed E-state index contributed by atoms with van der Waals surface area (Å²) in [6, 6.07) is 6.05. The molecule has 0 saturated carbocycles. The monoisotopic (exact) mass is 300 g/mol. The number of rotatable bonds is 4. The Hall–Kier alpha value is -0.190. The van der Waals surface area contributed by atoms with Gasteiger partial charge in [0.05, 0.1) is 0 Å². The first-order valence-corrected chi connectivity index (χ1v) is 7.44. The molecule has 1 aromatic rings. The van der Waals surface area contributed by atoms with Crippen molar-refractivity contribution in [3.05, 3.63) is 22.7 Å². The van der Waals surface area contributed by atoms with Crippen LogP contribution in [-0.2, 0) is 0 Å². The van der Waals surface area contributed by atoms with Gasteiger partial charge in [0, 0.05) is 27.4 Å². The predicted octanol–water partition coefficient (Wildman–Crippen LogP) is 3.22. The molecule has 0 unspecified atom stereocenters. The molecule has 0 atom stereocenters. The van der Waals surface area contributed by atoms with E-state index in [9.17, 15) is 0 Å². The van der Waals surface area contributed by atoms with E-state index in [1.807, 2.05) is 23.9 Å². The molecule has 0 bridgehead atoms. The fourth-order valence-corrected chi connectivity index (χ4v) is 3.45. The van der Waals surface area contributed by atoms with E-state index in [1.165, 1.54) is 37.4 Å². The number of nitrogens with two attached hydrogens (primary N) is 1. The lowest BCUT2D eigenvalue weighted by atomic mass is 10.3. The quantitative estimate of drug-likeness (QED) is 0.684. The number of halogens is 1. The molecule has 1 saturated heterocycles. The van der Waals surface area contributed by atoms with Gasteiger partial charge < -0.3 is 10.6 Å². The SMILES string of the molecule is Nc1ccc(Br)cc1SCCN1CCCC1. The number of nitrogens with zero attached hydrogens (tertiary/aromatic N) is 1. The molecule has 2 N–H and O–H groups in total. The van der Waals surface area contributed by atoms with Gasteiger partial charge >= 0.3 is 0 Å². The minimum Gasteiger partial charge on any atom is -0.398 e. The van der Waals surface area contributed by atoms with Gasteiger partial charge in [0.15, 0.2) is 0 Å². The number of nitrogen functional groups attached to an aromatic ring is 1. The summed E-state index contributed by atoms with van der Waals surface area (Å²) in [5.74, 6) is 1.13. The lowest BCUT2D eigenvalue weighted by Gasteiger charge is -2.14. The van der Waals surface area contributed by atoms with E-state index < -0.39 is 0 Å². The Morgan fingerprint density at radius 1 is 1.31 bits per heavy atom. The molecule has 1 heterocycles. The molecular weight excluding hydrogens is 284 g/mol. The first-order chi connectivity index (χ1) is 7.75. The molecule has 0 spiro atoms. The zero-order valence-electron chi connectivity index (χ0n) is 9.29. The molecule has 0 aliphatic carbocycles. The number of hydrogen-bond acceptors (Lipinski definition) is 3. The molecule has 0 radical (unpaired) electrons. The van der Waals surface area contributed by atoms with Crippen molar-refractivity contribution >= 4 is 33.4 Å². The zero-order chi connectivity index (χ0) is 11.4. The molecule has 1 aliphatic heterocycles. The minimum absolute atomic E-state index is 0.884. The Bertz CT molecular complexity index is 351. The summed E-state index contributed by atoms with van der Waals surface area (Å²) in [6.07, 6.45) is 2.73. The second-order valence-electron chi connectivity index (χ2n) is 4.08. The topological polar surface area (TPSA) is 29.3 Å². The average Bonchev–Trinajstić information content (AvgIpc) is 2.76. The summed E-state index contributed by atoms with van der Waals surface area (Å²) in [7, 11) is 0. The molecule has 16 heavy (non-hydrogen) atoms. The van der Waals surface area contributed by atoms with Crippen LogP contribution in [0, 0.1) is 0 Å². The summed E-state index contributed by atoms with van der Waals surface area (Å²) in [5, 5.41) is 0. The zero-order valence-corrected chi connectivity index (χ0v) is 11.7. The van der Waals surface area contributed by atoms with Crippen molar-refractivity contribution in [3.63, 3.8) is 0 Å². The second kappa shape index (κ2) is 5.94. The third-order valence-electron chi connectivity index (χ3n) is 2.84. The summed E-state index contributed by atoms with van der Waals surface area (Å²) in [6.45, 7) is 3.72. The maximum atomic E-state index is 5.93. The first-order valence-electron chi connectivity index (χ1n) is 5.66. The Morgan fingerprint density at radius 3 is 2.81 bits per heavy atom. The molecule has 88 valence electrons. The van der Waals surface area contributed by atoms with Gasteiger partial charge in [0.25, 0.3) is 0 Å². The van der Waals surface area contributed by atoms with Crippen LogP contribution in [0.5, 0.6) is 0 Å². The molecular formula is C12H17BrN2S. The average molecular weight is 301 g/mol. The predicted molar refractivity (Wildman–Crippen MR) is 75.0 cm³/mol. The van der Waals surface area contributed by atoms with Crippen LogP contribution in [0.25, 0.3) is 0 Å². The van der Waals surface area contributed by atoms with Crippen LogP contribution in [0.4, 0.5) is 5.69 Å². The largest absolute Gasteiger partial charge is 0.398 e. The highest BCUT2D eigenvalue weighted by Gasteiger charge is 2.11. The van der Waals surface area contributed by atoms with E-state index in [-0.39, 0.29) is 0 Å². The van der Waals surface area contributed by atoms with E-state index in [4.69, 9.17) is 5.73 Å². The third kappa shape index (κ3) is 3.40. The highest BCUT2D eigenvalue weighted by Crippen LogP contribution is 2.28. The van der Waals surface area contributed by atoms with Crippen molar-refractivity contribution in [2.24, 2.45) is 0 Å². The number of likely N-dealkylation sites (tertiary alicyclic amines) is 1. The van der Waals surface area contributed by atoms with Crippen molar-refractivity contribution in [1.29, 1.82) is 0 Å². The molecule has 1 aliphatic rings. The molecule has 0 aromatic heterocycles. The van der Waals surface area contributed by atoms with Crippen LogP contribution in [0.15, 0.2) is 27.6 Å². The standard InChI is InChI=1S/C12H17BrN2S/c13-10-3-4-11(14)12(9-10)16-8-7-15-5-1-2-6-15/h3-4,9H,1-2,5-8,14H2. The Morgan fingerprint density at radius 2 is 2.06 bits per heavy atom. The van der Waals surface area contributed by atoms with Crippen LogP contribution >= 0.6 is 27.7 Å². The van der Waals surface area contributed by atoms with Crippen LogP contribution in [0.2, 0.25) is 0 Å². The van der Waals surface area contributed by atoms with Crippen molar-refractivity contribution < 1.29 is 0 Å². The highest BCUT2D eigenvalue weighted by molar-refractivity contribution is 9.10. The van der Waals surface area contributed by atoms with E-state index in [0.717, 1.165) is 15.9 Å². The van der Waals surface area contributed by atoms with E-state index in [1.54, 1.807) is 0 Å². The smallest absolute Gasteiger partial charge is 0.0453 e. The van der Waals surface area contributed by atoms with Crippen molar-refractivity contribution in [1.82, 2.24) is 4.90 Å². The van der Waals surface area contributed by atoms with Crippen LogP contribution in [0.1, 0.15) is 12.8 Å². The van der Waals surface area contributed by atoms with Gasteiger partial charge in [-0.1, -0.05) is 15.9 Å². The van der Waals surface area contributed by atoms with Gasteiger partial charge in [0.2, 0.25) is 0 Å². The van der Waals surface area contributed by atoms with Gasteiger partial charge in [-0.2, -0.15) is 0 Å². The lowest BCUT2D eigenvalue weighted by Crippen LogP contribution is -2.21. The highest BCUT2D eigenvalue weighted by atomic mass is 79.9.